The van der Waals surface area contributed by atoms with Gasteiger partial charge in [0.05, 0.1) is 11.5 Å². The molecule has 0 radical (unpaired) electrons. The lowest BCUT2D eigenvalue weighted by Gasteiger charge is -2.09. The normalized spacial score (nSPS) is 10.5. The molecular formula is C18H13FN4O5. The van der Waals surface area contributed by atoms with Gasteiger partial charge in [0.2, 0.25) is 0 Å². The smallest absolute Gasteiger partial charge is 0.356 e. The minimum Gasteiger partial charge on any atom is -0.476 e. The Morgan fingerprint density at radius 2 is 1.79 bits per heavy atom. The van der Waals surface area contributed by atoms with Gasteiger partial charge >= 0.3 is 5.97 Å². The van der Waals surface area contributed by atoms with E-state index in [-0.39, 0.29) is 29.3 Å². The molecule has 0 atom stereocenters. The summed E-state index contributed by atoms with van der Waals surface area (Å²) in [5.41, 5.74) is 0.358. The molecule has 0 aliphatic rings. The molecule has 1 aromatic heterocycles. The van der Waals surface area contributed by atoms with Crippen molar-refractivity contribution in [1.82, 2.24) is 9.78 Å². The number of hydrogen-bond donors (Lipinski definition) is 2. The highest BCUT2D eigenvalue weighted by molar-refractivity contribution is 6.04. The fraction of sp³-hybridized carbons (Fsp3) is 0.0556. The molecule has 10 heteroatoms. The van der Waals surface area contributed by atoms with Gasteiger partial charge in [-0.1, -0.05) is 12.1 Å². The van der Waals surface area contributed by atoms with E-state index in [0.29, 0.717) is 5.56 Å². The van der Waals surface area contributed by atoms with E-state index in [9.17, 15) is 24.1 Å². The Hall–Kier alpha value is -4.08. The standard InChI is InChI=1S/C18H13FN4O5/c19-13-5-1-11(2-6-13)10-22-16(9-15(21-22)18(25)26)20-17(24)12-3-7-14(8-4-12)23(27)28/h1-9H,10H2,(H,20,24)(H,25,26). The zero-order valence-electron chi connectivity index (χ0n) is 14.2. The molecule has 3 rings (SSSR count). The summed E-state index contributed by atoms with van der Waals surface area (Å²) in [4.78, 5) is 33.7. The van der Waals surface area contributed by atoms with Gasteiger partial charge in [-0.05, 0) is 29.8 Å². The molecule has 0 bridgehead atoms. The van der Waals surface area contributed by atoms with Gasteiger partial charge in [-0.25, -0.2) is 13.9 Å². The number of halogens is 1. The van der Waals surface area contributed by atoms with E-state index in [2.05, 4.69) is 10.4 Å². The SMILES string of the molecule is O=C(Nc1cc(C(=O)O)nn1Cc1ccc(F)cc1)c1ccc([N+](=O)[O-])cc1. The van der Waals surface area contributed by atoms with E-state index in [1.54, 1.807) is 0 Å². The van der Waals surface area contributed by atoms with Crippen LogP contribution in [0.25, 0.3) is 0 Å². The number of aromatic carboxylic acids is 1. The van der Waals surface area contributed by atoms with Gasteiger partial charge in [-0.3, -0.25) is 14.9 Å². The molecule has 2 aromatic carbocycles. The first-order valence-corrected chi connectivity index (χ1v) is 7.95. The van der Waals surface area contributed by atoms with Crippen molar-refractivity contribution < 1.29 is 24.0 Å². The fourth-order valence-corrected chi connectivity index (χ4v) is 2.43. The molecule has 9 nitrogen and oxygen atoms in total. The Morgan fingerprint density at radius 1 is 1.14 bits per heavy atom. The lowest BCUT2D eigenvalue weighted by atomic mass is 10.2. The van der Waals surface area contributed by atoms with Crippen LogP contribution in [0.4, 0.5) is 15.9 Å². The second-order valence-corrected chi connectivity index (χ2v) is 5.76. The number of benzene rings is 2. The molecule has 2 N–H and O–H groups in total. The zero-order chi connectivity index (χ0) is 20.3. The topological polar surface area (TPSA) is 127 Å². The predicted octanol–water partition coefficient (Wildman–Crippen LogP) is 2.93. The van der Waals surface area contributed by atoms with Crippen molar-refractivity contribution in [2.45, 2.75) is 6.54 Å². The van der Waals surface area contributed by atoms with Crippen LogP contribution in [0.1, 0.15) is 26.4 Å². The molecule has 0 unspecified atom stereocenters. The van der Waals surface area contributed by atoms with E-state index >= 15 is 0 Å². The Morgan fingerprint density at radius 3 is 2.36 bits per heavy atom. The van der Waals surface area contributed by atoms with Gasteiger partial charge in [-0.2, -0.15) is 5.10 Å². The molecule has 0 aliphatic carbocycles. The number of rotatable bonds is 6. The number of anilines is 1. The van der Waals surface area contributed by atoms with Crippen LogP contribution in [0.15, 0.2) is 54.6 Å². The third kappa shape index (κ3) is 4.18. The summed E-state index contributed by atoms with van der Waals surface area (Å²) in [6.07, 6.45) is 0. The molecule has 142 valence electrons. The maximum absolute atomic E-state index is 13.1. The summed E-state index contributed by atoms with van der Waals surface area (Å²) < 4.78 is 14.3. The number of hydrogen-bond acceptors (Lipinski definition) is 5. The number of amides is 1. The molecule has 28 heavy (non-hydrogen) atoms. The Labute approximate surface area is 157 Å². The number of carbonyl (C=O) groups excluding carboxylic acids is 1. The van der Waals surface area contributed by atoms with Gasteiger partial charge in [0, 0.05) is 23.8 Å². The summed E-state index contributed by atoms with van der Waals surface area (Å²) in [5, 5.41) is 26.3. The summed E-state index contributed by atoms with van der Waals surface area (Å²) >= 11 is 0. The minimum atomic E-state index is -1.27. The average molecular weight is 384 g/mol. The summed E-state index contributed by atoms with van der Waals surface area (Å²) in [7, 11) is 0. The Kier molecular flexibility index (Phi) is 5.12. The lowest BCUT2D eigenvalue weighted by Crippen LogP contribution is -2.16. The number of nitrogens with one attached hydrogen (secondary N) is 1. The average Bonchev–Trinajstić information content (AvgIpc) is 3.06. The number of nitro benzene ring substituents is 1. The van der Waals surface area contributed by atoms with Crippen LogP contribution in [-0.2, 0) is 6.54 Å². The van der Waals surface area contributed by atoms with Crippen LogP contribution < -0.4 is 5.32 Å². The van der Waals surface area contributed by atoms with Crippen LogP contribution in [0.5, 0.6) is 0 Å². The van der Waals surface area contributed by atoms with E-state index in [4.69, 9.17) is 5.11 Å². The number of nitro groups is 1. The first kappa shape index (κ1) is 18.7. The van der Waals surface area contributed by atoms with Crippen LogP contribution in [0, 0.1) is 15.9 Å². The lowest BCUT2D eigenvalue weighted by molar-refractivity contribution is -0.384. The van der Waals surface area contributed by atoms with Crippen molar-refractivity contribution in [3.63, 3.8) is 0 Å². The van der Waals surface area contributed by atoms with Crippen molar-refractivity contribution in [2.24, 2.45) is 0 Å². The zero-order valence-corrected chi connectivity index (χ0v) is 14.2. The molecule has 3 aromatic rings. The van der Waals surface area contributed by atoms with Crippen molar-refractivity contribution in [3.8, 4) is 0 Å². The highest BCUT2D eigenvalue weighted by Gasteiger charge is 2.17. The third-order valence-electron chi connectivity index (χ3n) is 3.83. The number of non-ortho nitro benzene ring substituents is 1. The molecule has 0 saturated heterocycles. The molecule has 1 heterocycles. The van der Waals surface area contributed by atoms with Gasteiger partial charge in [-0.15, -0.1) is 0 Å². The van der Waals surface area contributed by atoms with Crippen LogP contribution in [0.2, 0.25) is 0 Å². The summed E-state index contributed by atoms with van der Waals surface area (Å²) in [6.45, 7) is 0.101. The monoisotopic (exact) mass is 384 g/mol. The van der Waals surface area contributed by atoms with Crippen LogP contribution in [0.3, 0.4) is 0 Å². The van der Waals surface area contributed by atoms with Crippen molar-refractivity contribution in [3.05, 3.63) is 87.3 Å². The number of aromatic nitrogens is 2. The minimum absolute atomic E-state index is 0.101. The molecule has 0 saturated carbocycles. The van der Waals surface area contributed by atoms with Gasteiger partial charge in [0.1, 0.15) is 11.6 Å². The number of carbonyl (C=O) groups is 2. The molecule has 0 aliphatic heterocycles. The highest BCUT2D eigenvalue weighted by atomic mass is 19.1. The summed E-state index contributed by atoms with van der Waals surface area (Å²) in [6, 6.07) is 11.7. The van der Waals surface area contributed by atoms with E-state index in [0.717, 1.165) is 0 Å². The first-order chi connectivity index (χ1) is 13.3. The molecule has 0 spiro atoms. The Bertz CT molecular complexity index is 1040. The number of nitrogens with zero attached hydrogens (tertiary/aromatic N) is 3. The van der Waals surface area contributed by atoms with E-state index in [1.807, 2.05) is 0 Å². The maximum atomic E-state index is 13.1. The second kappa shape index (κ2) is 7.66. The number of carboxylic acid groups (broad SMARTS) is 1. The molecule has 1 amide bonds. The highest BCUT2D eigenvalue weighted by Crippen LogP contribution is 2.17. The van der Waals surface area contributed by atoms with Crippen LogP contribution in [-0.4, -0.2) is 31.7 Å². The van der Waals surface area contributed by atoms with Gasteiger partial charge in [0.25, 0.3) is 11.6 Å². The maximum Gasteiger partial charge on any atom is 0.356 e. The first-order valence-electron chi connectivity index (χ1n) is 7.95. The Balaban J connectivity index is 1.85. The molecular weight excluding hydrogens is 371 g/mol. The van der Waals surface area contributed by atoms with Crippen LogP contribution >= 0.6 is 0 Å². The summed E-state index contributed by atoms with van der Waals surface area (Å²) in [5.74, 6) is -2.16. The quantitative estimate of drug-likeness (QED) is 0.497. The molecule has 0 fully saturated rings. The largest absolute Gasteiger partial charge is 0.476 e. The number of carboxylic acids is 1. The van der Waals surface area contributed by atoms with Crippen molar-refractivity contribution in [1.29, 1.82) is 0 Å². The van der Waals surface area contributed by atoms with Gasteiger partial charge in [0.15, 0.2) is 5.69 Å². The van der Waals surface area contributed by atoms with E-state index in [1.165, 1.54) is 59.3 Å². The van der Waals surface area contributed by atoms with E-state index < -0.39 is 22.6 Å². The van der Waals surface area contributed by atoms with Crippen molar-refractivity contribution in [2.75, 3.05) is 5.32 Å². The van der Waals surface area contributed by atoms with Crippen molar-refractivity contribution >= 4 is 23.4 Å². The second-order valence-electron chi connectivity index (χ2n) is 5.76. The predicted molar refractivity (Wildman–Crippen MR) is 95.7 cm³/mol. The third-order valence-corrected chi connectivity index (χ3v) is 3.83. The van der Waals surface area contributed by atoms with Gasteiger partial charge < -0.3 is 10.4 Å². The fourth-order valence-electron chi connectivity index (χ4n) is 2.43.